The Labute approximate surface area is 116 Å². The van der Waals surface area contributed by atoms with E-state index in [2.05, 4.69) is 21.1 Å². The summed E-state index contributed by atoms with van der Waals surface area (Å²) in [7, 11) is -3.28. The van der Waals surface area contributed by atoms with Gasteiger partial charge in [-0.25, -0.2) is 8.42 Å². The predicted molar refractivity (Wildman–Crippen MR) is 76.0 cm³/mol. The first-order chi connectivity index (χ1) is 8.46. The van der Waals surface area contributed by atoms with E-state index >= 15 is 0 Å². The maximum Gasteiger partial charge on any atom is 0.158 e. The van der Waals surface area contributed by atoms with Gasteiger partial charge < -0.3 is 5.21 Å². The third-order valence-corrected chi connectivity index (χ3v) is 5.52. The summed E-state index contributed by atoms with van der Waals surface area (Å²) in [6, 6.07) is 7.03. The standard InChI is InChI=1S/C12H16BrNO3S/c1-3-11(18(16,17)4-2)12(14-15)9-5-7-10(13)8-6-9/h5-8,11,15H,3-4H2,1-2H3/b14-12-/t11-/m0/s1. The Kier molecular flexibility index (Phi) is 5.34. The van der Waals surface area contributed by atoms with E-state index in [0.29, 0.717) is 12.0 Å². The van der Waals surface area contributed by atoms with Gasteiger partial charge >= 0.3 is 0 Å². The van der Waals surface area contributed by atoms with Gasteiger partial charge in [-0.1, -0.05) is 47.1 Å². The van der Waals surface area contributed by atoms with E-state index in [-0.39, 0.29) is 11.5 Å². The average Bonchev–Trinajstić information content (AvgIpc) is 2.36. The van der Waals surface area contributed by atoms with Crippen molar-refractivity contribution in [3.8, 4) is 0 Å². The van der Waals surface area contributed by atoms with Crippen LogP contribution in [0.4, 0.5) is 0 Å². The highest BCUT2D eigenvalue weighted by Crippen LogP contribution is 2.18. The lowest BCUT2D eigenvalue weighted by atomic mass is 10.1. The van der Waals surface area contributed by atoms with Gasteiger partial charge in [0.05, 0.1) is 0 Å². The number of hydrogen-bond acceptors (Lipinski definition) is 4. The number of nitrogens with zero attached hydrogens (tertiary/aromatic N) is 1. The third kappa shape index (κ3) is 3.32. The highest BCUT2D eigenvalue weighted by molar-refractivity contribution is 9.10. The molecule has 100 valence electrons. The minimum absolute atomic E-state index is 0.0288. The zero-order valence-corrected chi connectivity index (χ0v) is 12.7. The summed E-state index contributed by atoms with van der Waals surface area (Å²) in [6.07, 6.45) is 0.381. The Morgan fingerprint density at radius 1 is 1.33 bits per heavy atom. The molecule has 6 heteroatoms. The number of hydrogen-bond donors (Lipinski definition) is 1. The molecule has 0 saturated carbocycles. The van der Waals surface area contributed by atoms with Crippen molar-refractivity contribution < 1.29 is 13.6 Å². The molecule has 0 radical (unpaired) electrons. The van der Waals surface area contributed by atoms with E-state index in [4.69, 9.17) is 5.21 Å². The molecular formula is C12H16BrNO3S. The minimum Gasteiger partial charge on any atom is -0.411 e. The molecule has 0 aliphatic heterocycles. The van der Waals surface area contributed by atoms with Crippen molar-refractivity contribution >= 4 is 31.5 Å². The summed E-state index contributed by atoms with van der Waals surface area (Å²) in [4.78, 5) is 0. The number of oxime groups is 1. The van der Waals surface area contributed by atoms with Crippen LogP contribution in [0.15, 0.2) is 33.9 Å². The molecule has 0 aliphatic carbocycles. The normalized spacial score (nSPS) is 14.5. The van der Waals surface area contributed by atoms with Gasteiger partial charge in [0.15, 0.2) is 9.84 Å². The van der Waals surface area contributed by atoms with Gasteiger partial charge in [0.1, 0.15) is 11.0 Å². The van der Waals surface area contributed by atoms with Gasteiger partial charge in [0.2, 0.25) is 0 Å². The molecule has 0 aliphatic rings. The Bertz CT molecular complexity index is 523. The van der Waals surface area contributed by atoms with Gasteiger partial charge in [0, 0.05) is 15.8 Å². The maximum atomic E-state index is 12.0. The summed E-state index contributed by atoms with van der Waals surface area (Å²) in [5.41, 5.74) is 0.816. The van der Waals surface area contributed by atoms with Crippen LogP contribution in [0.25, 0.3) is 0 Å². The van der Waals surface area contributed by atoms with Crippen LogP contribution < -0.4 is 0 Å². The first-order valence-electron chi connectivity index (χ1n) is 5.65. The van der Waals surface area contributed by atoms with E-state index in [9.17, 15) is 8.42 Å². The van der Waals surface area contributed by atoms with Crippen LogP contribution in [0.1, 0.15) is 25.8 Å². The molecule has 0 spiro atoms. The number of sulfone groups is 1. The van der Waals surface area contributed by atoms with Crippen LogP contribution in [-0.2, 0) is 9.84 Å². The summed E-state index contributed by atoms with van der Waals surface area (Å²) < 4.78 is 24.8. The molecule has 4 nitrogen and oxygen atoms in total. The second kappa shape index (κ2) is 6.33. The molecule has 0 heterocycles. The first kappa shape index (κ1) is 15.2. The quantitative estimate of drug-likeness (QED) is 0.511. The third-order valence-electron chi connectivity index (χ3n) is 2.76. The van der Waals surface area contributed by atoms with E-state index in [0.717, 1.165) is 4.47 Å². The van der Waals surface area contributed by atoms with E-state index in [1.807, 2.05) is 0 Å². The summed E-state index contributed by atoms with van der Waals surface area (Å²) in [5.74, 6) is 0.0288. The molecule has 0 bridgehead atoms. The van der Waals surface area contributed by atoms with Crippen LogP contribution >= 0.6 is 15.9 Å². The van der Waals surface area contributed by atoms with Crippen molar-refractivity contribution in [3.63, 3.8) is 0 Å². The van der Waals surface area contributed by atoms with Crippen molar-refractivity contribution in [2.24, 2.45) is 5.16 Å². The Hall–Kier alpha value is -0.880. The largest absolute Gasteiger partial charge is 0.411 e. The van der Waals surface area contributed by atoms with Crippen LogP contribution in [0.3, 0.4) is 0 Å². The fraction of sp³-hybridized carbons (Fsp3) is 0.417. The van der Waals surface area contributed by atoms with E-state index in [1.54, 1.807) is 38.1 Å². The molecule has 0 aromatic heterocycles. The predicted octanol–water partition coefficient (Wildman–Crippen LogP) is 2.84. The maximum absolute atomic E-state index is 12.0. The lowest BCUT2D eigenvalue weighted by Gasteiger charge is -2.16. The van der Waals surface area contributed by atoms with Crippen molar-refractivity contribution in [2.75, 3.05) is 5.75 Å². The zero-order valence-electron chi connectivity index (χ0n) is 10.3. The molecule has 1 aromatic rings. The molecule has 1 rings (SSSR count). The smallest absolute Gasteiger partial charge is 0.158 e. The number of rotatable bonds is 5. The lowest BCUT2D eigenvalue weighted by Crippen LogP contribution is -2.31. The minimum atomic E-state index is -3.28. The molecule has 18 heavy (non-hydrogen) atoms. The number of benzene rings is 1. The van der Waals surface area contributed by atoms with Gasteiger partial charge in [-0.05, 0) is 18.6 Å². The monoisotopic (exact) mass is 333 g/mol. The molecule has 1 atom stereocenters. The van der Waals surface area contributed by atoms with Crippen LogP contribution in [0.2, 0.25) is 0 Å². The molecule has 0 amide bonds. The highest BCUT2D eigenvalue weighted by Gasteiger charge is 2.28. The fourth-order valence-electron chi connectivity index (χ4n) is 1.75. The van der Waals surface area contributed by atoms with Crippen LogP contribution in [0, 0.1) is 0 Å². The topological polar surface area (TPSA) is 66.7 Å². The van der Waals surface area contributed by atoms with Gasteiger partial charge in [-0.15, -0.1) is 0 Å². The van der Waals surface area contributed by atoms with Gasteiger partial charge in [-0.3, -0.25) is 0 Å². The zero-order chi connectivity index (χ0) is 13.8. The van der Waals surface area contributed by atoms with Crippen LogP contribution in [-0.4, -0.2) is 30.3 Å². The first-order valence-corrected chi connectivity index (χ1v) is 8.16. The van der Waals surface area contributed by atoms with Gasteiger partial charge in [0.25, 0.3) is 0 Å². The highest BCUT2D eigenvalue weighted by atomic mass is 79.9. The molecule has 0 saturated heterocycles. The van der Waals surface area contributed by atoms with Crippen molar-refractivity contribution in [2.45, 2.75) is 25.5 Å². The van der Waals surface area contributed by atoms with Crippen LogP contribution in [0.5, 0.6) is 0 Å². The molecule has 0 unspecified atom stereocenters. The average molecular weight is 334 g/mol. The second-order valence-corrected chi connectivity index (χ2v) is 7.23. The summed E-state index contributed by atoms with van der Waals surface area (Å²) in [5, 5.41) is 11.5. The SMILES string of the molecule is CC[C@@H](/C(=N\O)c1ccc(Br)cc1)S(=O)(=O)CC. The van der Waals surface area contributed by atoms with Crippen molar-refractivity contribution in [1.29, 1.82) is 0 Å². The Balaban J connectivity index is 3.21. The molecular weight excluding hydrogens is 318 g/mol. The lowest BCUT2D eigenvalue weighted by molar-refractivity contribution is 0.318. The molecule has 1 aromatic carbocycles. The second-order valence-electron chi connectivity index (χ2n) is 3.84. The van der Waals surface area contributed by atoms with Crippen molar-refractivity contribution in [1.82, 2.24) is 0 Å². The van der Waals surface area contributed by atoms with E-state index < -0.39 is 15.1 Å². The number of halogens is 1. The summed E-state index contributed by atoms with van der Waals surface area (Å²) in [6.45, 7) is 3.36. The summed E-state index contributed by atoms with van der Waals surface area (Å²) >= 11 is 3.30. The fourth-order valence-corrected chi connectivity index (χ4v) is 3.45. The van der Waals surface area contributed by atoms with E-state index in [1.165, 1.54) is 0 Å². The Morgan fingerprint density at radius 3 is 2.28 bits per heavy atom. The van der Waals surface area contributed by atoms with Crippen molar-refractivity contribution in [3.05, 3.63) is 34.3 Å². The van der Waals surface area contributed by atoms with Gasteiger partial charge in [-0.2, -0.15) is 0 Å². The molecule has 1 N–H and O–H groups in total. The molecule has 0 fully saturated rings. The Morgan fingerprint density at radius 2 is 1.89 bits per heavy atom.